The lowest BCUT2D eigenvalue weighted by Crippen LogP contribution is -1.97. The Morgan fingerprint density at radius 3 is 1.77 bits per heavy atom. The standard InChI is InChI=1S/C52H32N2OS/c1-3-13-33(14-4-1)38-17-7-8-18-41(38)46-32-45(53-52(54-46)36-15-5-2-6-16-36)35-25-23-34(24-26-35)40-29-28-39(50-43-20-9-11-21-47(43)55-51(40)50)37-27-30-49-44(31-37)42-19-10-12-22-48(42)56-49/h1-32H. The van der Waals surface area contributed by atoms with Crippen LogP contribution in [0.5, 0.6) is 0 Å². The van der Waals surface area contributed by atoms with Crippen LogP contribution < -0.4 is 0 Å². The van der Waals surface area contributed by atoms with Crippen LogP contribution in [-0.4, -0.2) is 9.97 Å². The summed E-state index contributed by atoms with van der Waals surface area (Å²) in [7, 11) is 0. The van der Waals surface area contributed by atoms with Gasteiger partial charge in [-0.3, -0.25) is 0 Å². The van der Waals surface area contributed by atoms with Gasteiger partial charge in [0.1, 0.15) is 11.2 Å². The fourth-order valence-electron chi connectivity index (χ4n) is 8.04. The van der Waals surface area contributed by atoms with Gasteiger partial charge in [-0.15, -0.1) is 11.3 Å². The highest BCUT2D eigenvalue weighted by molar-refractivity contribution is 7.25. The van der Waals surface area contributed by atoms with Gasteiger partial charge >= 0.3 is 0 Å². The third kappa shape index (κ3) is 5.50. The third-order valence-corrected chi connectivity index (χ3v) is 11.9. The molecule has 0 unspecified atom stereocenters. The highest BCUT2D eigenvalue weighted by Crippen LogP contribution is 2.44. The van der Waals surface area contributed by atoms with Gasteiger partial charge in [0.25, 0.3) is 0 Å². The Morgan fingerprint density at radius 2 is 0.946 bits per heavy atom. The first-order valence-corrected chi connectivity index (χ1v) is 19.6. The topological polar surface area (TPSA) is 38.9 Å². The van der Waals surface area contributed by atoms with Gasteiger partial charge in [-0.2, -0.15) is 0 Å². The molecule has 0 N–H and O–H groups in total. The second-order valence-corrected chi connectivity index (χ2v) is 15.2. The summed E-state index contributed by atoms with van der Waals surface area (Å²) in [5, 5.41) is 4.83. The number of rotatable bonds is 6. The van der Waals surface area contributed by atoms with Crippen LogP contribution in [-0.2, 0) is 0 Å². The molecule has 0 saturated carbocycles. The van der Waals surface area contributed by atoms with E-state index in [1.807, 2.05) is 41.7 Å². The van der Waals surface area contributed by atoms with Crippen LogP contribution in [0.25, 0.3) is 109 Å². The smallest absolute Gasteiger partial charge is 0.160 e. The summed E-state index contributed by atoms with van der Waals surface area (Å²) in [4.78, 5) is 10.3. The summed E-state index contributed by atoms with van der Waals surface area (Å²) in [6, 6.07) is 68.4. The molecular formula is C52H32N2OS. The first kappa shape index (κ1) is 32.3. The molecule has 0 spiro atoms. The van der Waals surface area contributed by atoms with E-state index in [0.29, 0.717) is 5.82 Å². The van der Waals surface area contributed by atoms with E-state index in [9.17, 15) is 0 Å². The van der Waals surface area contributed by atoms with Crippen LogP contribution in [0.1, 0.15) is 0 Å². The predicted octanol–water partition coefficient (Wildman–Crippen LogP) is 14.7. The molecular weight excluding hydrogens is 701 g/mol. The molecule has 262 valence electrons. The van der Waals surface area contributed by atoms with Gasteiger partial charge in [-0.05, 0) is 64.2 Å². The van der Waals surface area contributed by atoms with E-state index in [-0.39, 0.29) is 0 Å². The summed E-state index contributed by atoms with van der Waals surface area (Å²) in [5.74, 6) is 0.693. The second kappa shape index (κ2) is 13.3. The van der Waals surface area contributed by atoms with E-state index in [4.69, 9.17) is 14.4 Å². The lowest BCUT2D eigenvalue weighted by atomic mass is 9.93. The number of hydrogen-bond acceptors (Lipinski definition) is 4. The molecule has 8 aromatic carbocycles. The molecule has 0 saturated heterocycles. The first-order chi connectivity index (χ1) is 27.7. The number of nitrogens with zero attached hydrogens (tertiary/aromatic N) is 2. The van der Waals surface area contributed by atoms with E-state index in [0.717, 1.165) is 72.3 Å². The minimum atomic E-state index is 0.693. The van der Waals surface area contributed by atoms with E-state index in [2.05, 4.69) is 164 Å². The minimum Gasteiger partial charge on any atom is -0.455 e. The lowest BCUT2D eigenvalue weighted by molar-refractivity contribution is 0.670. The normalized spacial score (nSPS) is 11.6. The summed E-state index contributed by atoms with van der Waals surface area (Å²) in [6.45, 7) is 0. The summed E-state index contributed by atoms with van der Waals surface area (Å²) < 4.78 is 9.32. The van der Waals surface area contributed by atoms with Gasteiger partial charge in [-0.25, -0.2) is 9.97 Å². The quantitative estimate of drug-likeness (QED) is 0.171. The van der Waals surface area contributed by atoms with Crippen molar-refractivity contribution in [2.24, 2.45) is 0 Å². The number of benzene rings is 8. The number of thiophene rings is 1. The van der Waals surface area contributed by atoms with Crippen LogP contribution in [0, 0.1) is 0 Å². The number of fused-ring (bicyclic) bond motifs is 6. The molecule has 0 aliphatic carbocycles. The molecule has 0 aliphatic heterocycles. The van der Waals surface area contributed by atoms with Gasteiger partial charge in [-0.1, -0.05) is 158 Å². The molecule has 0 fully saturated rings. The molecule has 4 heteroatoms. The molecule has 56 heavy (non-hydrogen) atoms. The Labute approximate surface area is 327 Å². The summed E-state index contributed by atoms with van der Waals surface area (Å²) >= 11 is 1.84. The van der Waals surface area contributed by atoms with Gasteiger partial charge in [0.15, 0.2) is 5.82 Å². The average Bonchev–Trinajstić information content (AvgIpc) is 3.85. The average molecular weight is 733 g/mol. The highest BCUT2D eigenvalue weighted by Gasteiger charge is 2.19. The Hall–Kier alpha value is -7.14. The zero-order valence-corrected chi connectivity index (χ0v) is 31.0. The van der Waals surface area contributed by atoms with E-state index in [1.165, 1.54) is 31.3 Å². The van der Waals surface area contributed by atoms with Crippen LogP contribution in [0.3, 0.4) is 0 Å². The maximum absolute atomic E-state index is 6.72. The van der Waals surface area contributed by atoms with Crippen molar-refractivity contribution in [2.75, 3.05) is 0 Å². The number of para-hydroxylation sites is 1. The number of hydrogen-bond donors (Lipinski definition) is 0. The molecule has 0 atom stereocenters. The zero-order chi connectivity index (χ0) is 37.0. The molecule has 0 radical (unpaired) electrons. The van der Waals surface area contributed by atoms with Crippen molar-refractivity contribution in [3.05, 3.63) is 194 Å². The Morgan fingerprint density at radius 1 is 0.357 bits per heavy atom. The van der Waals surface area contributed by atoms with Gasteiger partial charge in [0.05, 0.1) is 11.4 Å². The maximum Gasteiger partial charge on any atom is 0.160 e. The van der Waals surface area contributed by atoms with Crippen molar-refractivity contribution in [1.29, 1.82) is 0 Å². The van der Waals surface area contributed by atoms with Crippen LogP contribution in [0.2, 0.25) is 0 Å². The zero-order valence-electron chi connectivity index (χ0n) is 30.2. The molecule has 0 amide bonds. The SMILES string of the molecule is c1ccc(-c2nc(-c3ccc(-c4ccc(-c5ccc6sc7ccccc7c6c5)c5c4oc4ccccc45)cc3)cc(-c3ccccc3-c3ccccc3)n2)cc1. The minimum absolute atomic E-state index is 0.693. The second-order valence-electron chi connectivity index (χ2n) is 14.1. The molecule has 0 bridgehead atoms. The Balaban J connectivity index is 1.03. The Bertz CT molecular complexity index is 3240. The lowest BCUT2D eigenvalue weighted by Gasteiger charge is -2.13. The largest absolute Gasteiger partial charge is 0.455 e. The van der Waals surface area contributed by atoms with Crippen molar-refractivity contribution in [2.45, 2.75) is 0 Å². The van der Waals surface area contributed by atoms with Gasteiger partial charge < -0.3 is 4.42 Å². The van der Waals surface area contributed by atoms with Crippen molar-refractivity contribution in [3.63, 3.8) is 0 Å². The maximum atomic E-state index is 6.72. The van der Waals surface area contributed by atoms with Crippen LogP contribution in [0.4, 0.5) is 0 Å². The monoisotopic (exact) mass is 732 g/mol. The summed E-state index contributed by atoms with van der Waals surface area (Å²) in [6.07, 6.45) is 0. The fourth-order valence-corrected chi connectivity index (χ4v) is 9.12. The van der Waals surface area contributed by atoms with Crippen LogP contribution in [0.15, 0.2) is 199 Å². The number of furan rings is 1. The van der Waals surface area contributed by atoms with Crippen molar-refractivity contribution < 1.29 is 4.42 Å². The molecule has 3 nitrogen and oxygen atoms in total. The molecule has 11 rings (SSSR count). The Kier molecular flexibility index (Phi) is 7.68. The van der Waals surface area contributed by atoms with Crippen molar-refractivity contribution >= 4 is 53.4 Å². The third-order valence-electron chi connectivity index (χ3n) is 10.8. The molecule has 3 heterocycles. The van der Waals surface area contributed by atoms with Gasteiger partial charge in [0.2, 0.25) is 0 Å². The van der Waals surface area contributed by atoms with E-state index >= 15 is 0 Å². The van der Waals surface area contributed by atoms with Crippen molar-refractivity contribution in [3.8, 4) is 67.3 Å². The first-order valence-electron chi connectivity index (χ1n) is 18.8. The molecule has 0 aliphatic rings. The predicted molar refractivity (Wildman–Crippen MR) is 235 cm³/mol. The summed E-state index contributed by atoms with van der Waals surface area (Å²) in [5.41, 5.74) is 13.3. The molecule has 11 aromatic rings. The van der Waals surface area contributed by atoms with E-state index < -0.39 is 0 Å². The highest BCUT2D eigenvalue weighted by atomic mass is 32.1. The molecule has 3 aromatic heterocycles. The van der Waals surface area contributed by atoms with Gasteiger partial charge in [0, 0.05) is 53.2 Å². The van der Waals surface area contributed by atoms with Crippen molar-refractivity contribution in [1.82, 2.24) is 9.97 Å². The fraction of sp³-hybridized carbons (Fsp3) is 0. The number of aromatic nitrogens is 2. The van der Waals surface area contributed by atoms with Crippen LogP contribution >= 0.6 is 11.3 Å². The van der Waals surface area contributed by atoms with E-state index in [1.54, 1.807) is 0 Å².